The van der Waals surface area contributed by atoms with Gasteiger partial charge in [0.15, 0.2) is 5.82 Å². The molecule has 4 saturated heterocycles. The van der Waals surface area contributed by atoms with Gasteiger partial charge in [-0.2, -0.15) is 9.97 Å². The lowest BCUT2D eigenvalue weighted by Crippen LogP contribution is -2.51. The number of nitrogens with zero attached hydrogens (tertiary/aromatic N) is 4. The number of aryl methyl sites for hydroxylation is 1. The minimum atomic E-state index is -0.778. The van der Waals surface area contributed by atoms with Gasteiger partial charge in [0.05, 0.1) is 18.3 Å². The second-order valence-electron chi connectivity index (χ2n) is 14.5. The van der Waals surface area contributed by atoms with Crippen molar-refractivity contribution in [3.05, 3.63) is 53.6 Å². The molecular formula is C38H45F2N5O3. The van der Waals surface area contributed by atoms with E-state index in [4.69, 9.17) is 14.5 Å². The van der Waals surface area contributed by atoms with Gasteiger partial charge in [0.2, 0.25) is 0 Å². The Morgan fingerprint density at radius 3 is 2.48 bits per heavy atom. The van der Waals surface area contributed by atoms with Crippen LogP contribution in [0, 0.1) is 17.6 Å². The Hall–Kier alpha value is -3.60. The summed E-state index contributed by atoms with van der Waals surface area (Å²) in [4.78, 5) is 14.2. The van der Waals surface area contributed by atoms with Gasteiger partial charge in [-0.1, -0.05) is 32.0 Å². The number of methoxy groups -OCH3 is 1. The molecule has 4 unspecified atom stereocenters. The molecule has 0 amide bonds. The summed E-state index contributed by atoms with van der Waals surface area (Å²) in [5.74, 6) is -0.845. The molecule has 0 aliphatic carbocycles. The Labute approximate surface area is 280 Å². The zero-order chi connectivity index (χ0) is 33.1. The Morgan fingerprint density at radius 2 is 1.77 bits per heavy atom. The number of phenolic OH excluding ortho intramolecular Hbond substituents is 1. The molecule has 254 valence electrons. The number of ether oxygens (including phenoxy) is 2. The number of hydrogen-bond acceptors (Lipinski definition) is 8. The van der Waals surface area contributed by atoms with E-state index in [2.05, 4.69) is 27.0 Å². The number of piperidine rings is 1. The highest BCUT2D eigenvalue weighted by molar-refractivity contribution is 6.03. The second-order valence-corrected chi connectivity index (χ2v) is 14.5. The first kappa shape index (κ1) is 31.7. The summed E-state index contributed by atoms with van der Waals surface area (Å²) in [5, 5.41) is 16.0. The molecule has 48 heavy (non-hydrogen) atoms. The Balaban J connectivity index is 1.17. The van der Waals surface area contributed by atoms with Crippen LogP contribution in [0.5, 0.6) is 11.8 Å². The molecule has 0 spiro atoms. The number of hydrogen-bond donors (Lipinski definition) is 2. The molecule has 4 aromatic rings. The standard InChI is InChI=1S/C38H45F2N5O3/c1-4-22-6-5-7-23-12-28(46)15-30(33(22)23)34-32(39)16-31-36(35(34)40)42-38(43-37(31)44-18-24-8-9-25(19-44)41-24)48-20-21(2)17-45-26-10-11-27(45)14-29(13-26)47-3/h5-7,12,15-16,21,24-27,29,41,46H,4,8-11,13-14,17-20H2,1-3H3/t21-,24?,25?,26?,27?,29?/m1/s1. The fraction of sp³-hybridized carbons (Fsp3) is 0.526. The lowest BCUT2D eigenvalue weighted by atomic mass is 9.92. The van der Waals surface area contributed by atoms with Crippen LogP contribution in [0.4, 0.5) is 14.6 Å². The second kappa shape index (κ2) is 12.7. The molecule has 8 rings (SSSR count). The Bertz CT molecular complexity index is 1830. The molecule has 4 aliphatic rings. The quantitative estimate of drug-likeness (QED) is 0.209. The normalized spacial score (nSPS) is 26.1. The topological polar surface area (TPSA) is 83.0 Å². The number of piperazine rings is 1. The molecule has 3 aromatic carbocycles. The zero-order valence-electron chi connectivity index (χ0n) is 28.0. The summed E-state index contributed by atoms with van der Waals surface area (Å²) in [6, 6.07) is 11.9. The molecule has 5 heterocycles. The summed E-state index contributed by atoms with van der Waals surface area (Å²) in [7, 11) is 1.81. The number of phenols is 1. The van der Waals surface area contributed by atoms with Crippen LogP contribution >= 0.6 is 0 Å². The predicted octanol–water partition coefficient (Wildman–Crippen LogP) is 6.59. The van der Waals surface area contributed by atoms with Crippen LogP contribution in [-0.2, 0) is 11.2 Å². The zero-order valence-corrected chi connectivity index (χ0v) is 28.0. The minimum absolute atomic E-state index is 0.0232. The Morgan fingerprint density at radius 1 is 1.02 bits per heavy atom. The molecule has 8 nitrogen and oxygen atoms in total. The van der Waals surface area contributed by atoms with Crippen molar-refractivity contribution in [2.75, 3.05) is 38.3 Å². The van der Waals surface area contributed by atoms with E-state index in [1.54, 1.807) is 6.07 Å². The Kier molecular flexibility index (Phi) is 8.37. The summed E-state index contributed by atoms with van der Waals surface area (Å²) < 4.78 is 45.3. The van der Waals surface area contributed by atoms with E-state index in [1.165, 1.54) is 25.0 Å². The SMILES string of the molecule is CCc1cccc2cc(O)cc(-c3c(F)cc4c(N5CC6CCC(C5)N6)nc(OC[C@H](C)CN5C6CCC5CC(OC)C6)nc4c3F)c12. The fourth-order valence-corrected chi connectivity index (χ4v) is 9.01. The third kappa shape index (κ3) is 5.65. The van der Waals surface area contributed by atoms with Gasteiger partial charge in [-0.25, -0.2) is 8.78 Å². The monoisotopic (exact) mass is 657 g/mol. The average molecular weight is 658 g/mol. The minimum Gasteiger partial charge on any atom is -0.508 e. The van der Waals surface area contributed by atoms with E-state index >= 15 is 8.78 Å². The van der Waals surface area contributed by atoms with Crippen molar-refractivity contribution < 1.29 is 23.4 Å². The van der Waals surface area contributed by atoms with E-state index < -0.39 is 11.6 Å². The molecule has 5 atom stereocenters. The van der Waals surface area contributed by atoms with Gasteiger partial charge in [-0.05, 0) is 85.0 Å². The first-order valence-corrected chi connectivity index (χ1v) is 17.7. The first-order chi connectivity index (χ1) is 23.3. The van der Waals surface area contributed by atoms with Gasteiger partial charge in [0, 0.05) is 62.2 Å². The molecule has 4 aliphatic heterocycles. The van der Waals surface area contributed by atoms with Crippen molar-refractivity contribution >= 4 is 27.5 Å². The van der Waals surface area contributed by atoms with Crippen molar-refractivity contribution in [3.8, 4) is 22.9 Å². The maximum Gasteiger partial charge on any atom is 0.319 e. The number of fused-ring (bicyclic) bond motifs is 6. The number of aromatic hydroxyl groups is 1. The highest BCUT2D eigenvalue weighted by atomic mass is 19.1. The number of anilines is 1. The molecule has 1 aromatic heterocycles. The van der Waals surface area contributed by atoms with Crippen molar-refractivity contribution in [1.82, 2.24) is 20.2 Å². The van der Waals surface area contributed by atoms with Crippen LogP contribution in [0.15, 0.2) is 36.4 Å². The van der Waals surface area contributed by atoms with E-state index in [0.29, 0.717) is 73.2 Å². The summed E-state index contributed by atoms with van der Waals surface area (Å²) in [6.45, 7) is 6.86. The third-order valence-corrected chi connectivity index (χ3v) is 11.3. The van der Waals surface area contributed by atoms with Gasteiger partial charge in [-0.15, -0.1) is 0 Å². The number of halogens is 2. The number of rotatable bonds is 9. The van der Waals surface area contributed by atoms with Gasteiger partial charge < -0.3 is 24.8 Å². The van der Waals surface area contributed by atoms with E-state index in [9.17, 15) is 5.11 Å². The van der Waals surface area contributed by atoms with Gasteiger partial charge in [0.25, 0.3) is 0 Å². The smallest absolute Gasteiger partial charge is 0.319 e. The van der Waals surface area contributed by atoms with Crippen LogP contribution in [0.1, 0.15) is 57.9 Å². The highest BCUT2D eigenvalue weighted by Crippen LogP contribution is 2.42. The van der Waals surface area contributed by atoms with Gasteiger partial charge in [0.1, 0.15) is 22.9 Å². The summed E-state index contributed by atoms with van der Waals surface area (Å²) in [6.07, 6.45) is 7.67. The lowest BCUT2D eigenvalue weighted by Gasteiger charge is -2.39. The summed E-state index contributed by atoms with van der Waals surface area (Å²) >= 11 is 0. The van der Waals surface area contributed by atoms with Gasteiger partial charge in [-0.3, -0.25) is 4.90 Å². The molecule has 10 heteroatoms. The van der Waals surface area contributed by atoms with Crippen LogP contribution in [-0.4, -0.2) is 83.6 Å². The van der Waals surface area contributed by atoms with Crippen molar-refractivity contribution in [3.63, 3.8) is 0 Å². The molecule has 4 fully saturated rings. The molecule has 0 radical (unpaired) electrons. The van der Waals surface area contributed by atoms with Crippen molar-refractivity contribution in [2.45, 2.75) is 89.1 Å². The first-order valence-electron chi connectivity index (χ1n) is 17.7. The highest BCUT2D eigenvalue weighted by Gasteiger charge is 2.41. The van der Waals surface area contributed by atoms with Crippen molar-refractivity contribution in [2.24, 2.45) is 5.92 Å². The van der Waals surface area contributed by atoms with Crippen LogP contribution in [0.25, 0.3) is 32.8 Å². The summed E-state index contributed by atoms with van der Waals surface area (Å²) in [5.41, 5.74) is 1.07. The number of nitrogens with one attached hydrogen (secondary N) is 1. The van der Waals surface area contributed by atoms with E-state index in [-0.39, 0.29) is 28.8 Å². The number of benzene rings is 3. The van der Waals surface area contributed by atoms with Gasteiger partial charge >= 0.3 is 6.01 Å². The van der Waals surface area contributed by atoms with Crippen molar-refractivity contribution in [1.29, 1.82) is 0 Å². The third-order valence-electron chi connectivity index (χ3n) is 11.3. The molecule has 2 N–H and O–H groups in total. The van der Waals surface area contributed by atoms with Crippen LogP contribution in [0.2, 0.25) is 0 Å². The maximum absolute atomic E-state index is 17.0. The maximum atomic E-state index is 17.0. The van der Waals surface area contributed by atoms with Crippen LogP contribution < -0.4 is 15.0 Å². The lowest BCUT2D eigenvalue weighted by molar-refractivity contribution is -0.00166. The van der Waals surface area contributed by atoms with E-state index in [1.807, 2.05) is 32.2 Å². The molecular weight excluding hydrogens is 612 g/mol. The largest absolute Gasteiger partial charge is 0.508 e. The molecule has 0 saturated carbocycles. The average Bonchev–Trinajstić information content (AvgIpc) is 3.52. The molecule has 4 bridgehead atoms. The van der Waals surface area contributed by atoms with E-state index in [0.717, 1.165) is 48.6 Å². The predicted molar refractivity (Wildman–Crippen MR) is 184 cm³/mol. The van der Waals surface area contributed by atoms with Crippen LogP contribution in [0.3, 0.4) is 0 Å². The number of aromatic nitrogens is 2. The fourth-order valence-electron chi connectivity index (χ4n) is 9.01.